The van der Waals surface area contributed by atoms with Crippen LogP contribution in [0.5, 0.6) is 0 Å². The molecule has 0 bridgehead atoms. The highest BCUT2D eigenvalue weighted by atomic mass is 15.2. The van der Waals surface area contributed by atoms with E-state index in [4.69, 9.17) is 5.73 Å². The molecule has 1 aliphatic rings. The predicted octanol–water partition coefficient (Wildman–Crippen LogP) is 3.46. The fourth-order valence-electron chi connectivity index (χ4n) is 3.20. The summed E-state index contributed by atoms with van der Waals surface area (Å²) in [6, 6.07) is 9.65. The molecule has 1 saturated heterocycles. The number of hydrogen-bond donors (Lipinski definition) is 1. The molecule has 1 aromatic carbocycles. The lowest BCUT2D eigenvalue weighted by atomic mass is 9.95. The first-order chi connectivity index (χ1) is 8.72. The summed E-state index contributed by atoms with van der Waals surface area (Å²) in [4.78, 5) is 2.69. The zero-order valence-electron chi connectivity index (χ0n) is 11.7. The Hall–Kier alpha value is -1.02. The summed E-state index contributed by atoms with van der Waals surface area (Å²) >= 11 is 0. The highest BCUT2D eigenvalue weighted by Gasteiger charge is 2.25. The number of nitrogens with two attached hydrogens (primary N) is 1. The van der Waals surface area contributed by atoms with E-state index in [9.17, 15) is 0 Å². The maximum atomic E-state index is 6.05. The Morgan fingerprint density at radius 2 is 2.11 bits per heavy atom. The molecule has 0 aromatic heterocycles. The number of piperidine rings is 1. The van der Waals surface area contributed by atoms with Crippen LogP contribution in [0.15, 0.2) is 24.3 Å². The number of likely N-dealkylation sites (tertiary alicyclic amines) is 1. The van der Waals surface area contributed by atoms with Crippen molar-refractivity contribution in [3.63, 3.8) is 0 Å². The van der Waals surface area contributed by atoms with Gasteiger partial charge in [0, 0.05) is 17.8 Å². The van der Waals surface area contributed by atoms with Crippen LogP contribution in [0, 0.1) is 0 Å². The van der Waals surface area contributed by atoms with Crippen molar-refractivity contribution in [3.8, 4) is 0 Å². The second-order valence-corrected chi connectivity index (χ2v) is 5.55. The van der Waals surface area contributed by atoms with Gasteiger partial charge in [-0.2, -0.15) is 0 Å². The van der Waals surface area contributed by atoms with Crippen LogP contribution in [-0.4, -0.2) is 23.5 Å². The Morgan fingerprint density at radius 3 is 2.83 bits per heavy atom. The van der Waals surface area contributed by atoms with Gasteiger partial charge < -0.3 is 5.73 Å². The topological polar surface area (TPSA) is 29.3 Å². The summed E-state index contributed by atoms with van der Waals surface area (Å²) in [6.07, 6.45) is 6.46. The molecule has 2 nitrogen and oxygen atoms in total. The van der Waals surface area contributed by atoms with Gasteiger partial charge in [-0.3, -0.25) is 4.90 Å². The molecule has 2 rings (SSSR count). The lowest BCUT2D eigenvalue weighted by Crippen LogP contribution is -2.45. The van der Waals surface area contributed by atoms with E-state index in [1.165, 1.54) is 37.8 Å². The molecule has 2 N–H and O–H groups in total. The SMILES string of the molecule is CCC1CCCCN1C(C)Cc1ccccc1N. The van der Waals surface area contributed by atoms with E-state index in [2.05, 4.69) is 30.9 Å². The minimum absolute atomic E-state index is 0.597. The smallest absolute Gasteiger partial charge is 0.0347 e. The number of hydrogen-bond acceptors (Lipinski definition) is 2. The van der Waals surface area contributed by atoms with Crippen molar-refractivity contribution in [2.45, 2.75) is 58.0 Å². The van der Waals surface area contributed by atoms with Crippen LogP contribution in [0.2, 0.25) is 0 Å². The average molecular weight is 246 g/mol. The summed E-state index contributed by atoms with van der Waals surface area (Å²) in [6.45, 7) is 5.92. The monoisotopic (exact) mass is 246 g/mol. The summed E-state index contributed by atoms with van der Waals surface area (Å²) < 4.78 is 0. The van der Waals surface area contributed by atoms with E-state index < -0.39 is 0 Å². The number of nitrogen functional groups attached to an aromatic ring is 1. The van der Waals surface area contributed by atoms with Crippen molar-refractivity contribution in [1.82, 2.24) is 4.90 Å². The lowest BCUT2D eigenvalue weighted by Gasteiger charge is -2.39. The van der Waals surface area contributed by atoms with E-state index in [-0.39, 0.29) is 0 Å². The van der Waals surface area contributed by atoms with Crippen LogP contribution in [0.3, 0.4) is 0 Å². The highest BCUT2D eigenvalue weighted by molar-refractivity contribution is 5.46. The fourth-order valence-corrected chi connectivity index (χ4v) is 3.20. The van der Waals surface area contributed by atoms with Crippen molar-refractivity contribution in [1.29, 1.82) is 0 Å². The molecule has 1 fully saturated rings. The van der Waals surface area contributed by atoms with Gasteiger partial charge in [-0.15, -0.1) is 0 Å². The second-order valence-electron chi connectivity index (χ2n) is 5.55. The van der Waals surface area contributed by atoms with Gasteiger partial charge in [0.2, 0.25) is 0 Å². The third-order valence-electron chi connectivity index (χ3n) is 4.28. The molecule has 100 valence electrons. The molecule has 0 radical (unpaired) electrons. The van der Waals surface area contributed by atoms with E-state index in [1.807, 2.05) is 12.1 Å². The van der Waals surface area contributed by atoms with Gasteiger partial charge in [-0.1, -0.05) is 31.5 Å². The molecule has 18 heavy (non-hydrogen) atoms. The molecule has 1 aliphatic heterocycles. The predicted molar refractivity (Wildman–Crippen MR) is 78.7 cm³/mol. The first kappa shape index (κ1) is 13.4. The summed E-state index contributed by atoms with van der Waals surface area (Å²) in [5, 5.41) is 0. The highest BCUT2D eigenvalue weighted by Crippen LogP contribution is 2.24. The van der Waals surface area contributed by atoms with Crippen molar-refractivity contribution in [2.24, 2.45) is 0 Å². The number of nitrogens with zero attached hydrogens (tertiary/aromatic N) is 1. The van der Waals surface area contributed by atoms with Gasteiger partial charge in [0.15, 0.2) is 0 Å². The molecule has 0 spiro atoms. The van der Waals surface area contributed by atoms with Crippen LogP contribution < -0.4 is 5.73 Å². The maximum Gasteiger partial charge on any atom is 0.0347 e. The standard InChI is InChI=1S/C16H26N2/c1-3-15-9-6-7-11-18(15)13(2)12-14-8-4-5-10-16(14)17/h4-5,8,10,13,15H,3,6-7,9,11-12,17H2,1-2H3. The minimum atomic E-state index is 0.597. The van der Waals surface area contributed by atoms with E-state index in [0.29, 0.717) is 6.04 Å². The largest absolute Gasteiger partial charge is 0.399 e. The number of benzene rings is 1. The summed E-state index contributed by atoms with van der Waals surface area (Å²) in [5.74, 6) is 0. The van der Waals surface area contributed by atoms with Crippen LogP contribution in [-0.2, 0) is 6.42 Å². The van der Waals surface area contributed by atoms with Gasteiger partial charge in [-0.25, -0.2) is 0 Å². The summed E-state index contributed by atoms with van der Waals surface area (Å²) in [7, 11) is 0. The molecule has 0 saturated carbocycles. The number of anilines is 1. The van der Waals surface area contributed by atoms with Crippen molar-refractivity contribution in [3.05, 3.63) is 29.8 Å². The Kier molecular flexibility index (Phi) is 4.65. The molecule has 0 amide bonds. The van der Waals surface area contributed by atoms with Crippen LogP contribution in [0.1, 0.15) is 45.1 Å². The zero-order valence-corrected chi connectivity index (χ0v) is 11.7. The number of rotatable bonds is 4. The van der Waals surface area contributed by atoms with Gasteiger partial charge in [0.25, 0.3) is 0 Å². The third-order valence-corrected chi connectivity index (χ3v) is 4.28. The normalized spacial score (nSPS) is 22.9. The maximum absolute atomic E-state index is 6.05. The Morgan fingerprint density at radius 1 is 1.33 bits per heavy atom. The van der Waals surface area contributed by atoms with Crippen molar-refractivity contribution >= 4 is 5.69 Å². The molecule has 1 heterocycles. The Balaban J connectivity index is 2.02. The van der Waals surface area contributed by atoms with Gasteiger partial charge in [0.1, 0.15) is 0 Å². The second kappa shape index (κ2) is 6.24. The molecular formula is C16H26N2. The van der Waals surface area contributed by atoms with E-state index in [1.54, 1.807) is 0 Å². The van der Waals surface area contributed by atoms with Crippen molar-refractivity contribution in [2.75, 3.05) is 12.3 Å². The molecule has 2 unspecified atom stereocenters. The lowest BCUT2D eigenvalue weighted by molar-refractivity contribution is 0.100. The first-order valence-corrected chi connectivity index (χ1v) is 7.31. The molecule has 0 aliphatic carbocycles. The van der Waals surface area contributed by atoms with Gasteiger partial charge >= 0.3 is 0 Å². The number of para-hydroxylation sites is 1. The minimum Gasteiger partial charge on any atom is -0.399 e. The van der Waals surface area contributed by atoms with E-state index in [0.717, 1.165) is 18.2 Å². The molecular weight excluding hydrogens is 220 g/mol. The first-order valence-electron chi connectivity index (χ1n) is 7.31. The van der Waals surface area contributed by atoms with Crippen molar-refractivity contribution < 1.29 is 0 Å². The van der Waals surface area contributed by atoms with Crippen LogP contribution >= 0.6 is 0 Å². The van der Waals surface area contributed by atoms with Crippen LogP contribution in [0.4, 0.5) is 5.69 Å². The summed E-state index contributed by atoms with van der Waals surface area (Å²) in [5.41, 5.74) is 8.28. The molecule has 1 aromatic rings. The third kappa shape index (κ3) is 3.05. The Bertz CT molecular complexity index is 375. The van der Waals surface area contributed by atoms with E-state index >= 15 is 0 Å². The zero-order chi connectivity index (χ0) is 13.0. The van der Waals surface area contributed by atoms with Gasteiger partial charge in [0.05, 0.1) is 0 Å². The van der Waals surface area contributed by atoms with Gasteiger partial charge in [-0.05, 0) is 50.8 Å². The Labute approximate surface area is 111 Å². The van der Waals surface area contributed by atoms with Crippen LogP contribution in [0.25, 0.3) is 0 Å². The fraction of sp³-hybridized carbons (Fsp3) is 0.625. The molecule has 2 atom stereocenters. The quantitative estimate of drug-likeness (QED) is 0.824. The molecule has 2 heteroatoms. The average Bonchev–Trinajstić information content (AvgIpc) is 2.41.